The van der Waals surface area contributed by atoms with E-state index in [0.29, 0.717) is 23.3 Å². The third-order valence-corrected chi connectivity index (χ3v) is 5.30. The van der Waals surface area contributed by atoms with E-state index in [0.717, 1.165) is 51.1 Å². The number of carbonyl (C=O) groups excluding carboxylic acids is 2. The molecule has 0 radical (unpaired) electrons. The van der Waals surface area contributed by atoms with Crippen molar-refractivity contribution in [1.82, 2.24) is 14.9 Å². The molecule has 3 aromatic rings. The van der Waals surface area contributed by atoms with Crippen molar-refractivity contribution in [2.24, 2.45) is 0 Å². The first kappa shape index (κ1) is 25.3. The molecule has 34 heavy (non-hydrogen) atoms. The zero-order valence-corrected chi connectivity index (χ0v) is 20.1. The summed E-state index contributed by atoms with van der Waals surface area (Å²) < 4.78 is 11.1. The van der Waals surface area contributed by atoms with Crippen LogP contribution in [0.5, 0.6) is 0 Å². The molecule has 182 valence electrons. The molecule has 0 spiro atoms. The number of hydrogen-bond donors (Lipinski definition) is 2. The molecule has 9 heteroatoms. The lowest BCUT2D eigenvalue weighted by molar-refractivity contribution is -0.116. The standard InChI is InChI=1S/C25H33N5O4/c1-4-33-16-8-15-30(3)14-6-5-10-21(31)29-23-22-19(9-7-13-26-22)34-24(23)25(32)28-20-12-11-18(2)17-27-20/h7,9,11-13,17H,4-6,8,10,14-16H2,1-3H3,(H,29,31)(H,27,28,32). The van der Waals surface area contributed by atoms with Gasteiger partial charge in [-0.3, -0.25) is 14.6 Å². The number of pyridine rings is 2. The van der Waals surface area contributed by atoms with E-state index < -0.39 is 5.91 Å². The number of nitrogens with one attached hydrogen (secondary N) is 2. The molecule has 3 heterocycles. The van der Waals surface area contributed by atoms with E-state index in [4.69, 9.17) is 9.15 Å². The third kappa shape index (κ3) is 7.36. The Kier molecular flexibility index (Phi) is 9.54. The first-order valence-corrected chi connectivity index (χ1v) is 11.7. The number of unbranched alkanes of at least 4 members (excludes halogenated alkanes) is 1. The molecule has 9 nitrogen and oxygen atoms in total. The molecule has 0 unspecified atom stereocenters. The summed E-state index contributed by atoms with van der Waals surface area (Å²) in [5.41, 5.74) is 2.12. The maximum absolute atomic E-state index is 12.9. The van der Waals surface area contributed by atoms with Gasteiger partial charge in [0.1, 0.15) is 17.0 Å². The van der Waals surface area contributed by atoms with Gasteiger partial charge in [0.25, 0.3) is 5.91 Å². The highest BCUT2D eigenvalue weighted by Crippen LogP contribution is 2.30. The van der Waals surface area contributed by atoms with Gasteiger partial charge in [0.15, 0.2) is 5.58 Å². The van der Waals surface area contributed by atoms with Crippen LogP contribution in [-0.4, -0.2) is 60.0 Å². The van der Waals surface area contributed by atoms with Gasteiger partial charge < -0.3 is 24.7 Å². The van der Waals surface area contributed by atoms with E-state index in [1.807, 2.05) is 19.9 Å². The minimum Gasteiger partial charge on any atom is -0.447 e. The molecule has 0 aliphatic heterocycles. The Morgan fingerprint density at radius 3 is 2.68 bits per heavy atom. The molecule has 3 aromatic heterocycles. The maximum atomic E-state index is 12.9. The summed E-state index contributed by atoms with van der Waals surface area (Å²) in [5, 5.41) is 5.55. The van der Waals surface area contributed by atoms with Crippen molar-refractivity contribution in [2.75, 3.05) is 44.0 Å². The van der Waals surface area contributed by atoms with Gasteiger partial charge in [-0.05, 0) is 70.5 Å². The third-order valence-electron chi connectivity index (χ3n) is 5.30. The molecule has 0 aliphatic rings. The number of ether oxygens (including phenoxy) is 1. The highest BCUT2D eigenvalue weighted by molar-refractivity contribution is 6.13. The van der Waals surface area contributed by atoms with Gasteiger partial charge in [0.2, 0.25) is 11.7 Å². The zero-order chi connectivity index (χ0) is 24.3. The van der Waals surface area contributed by atoms with Crippen molar-refractivity contribution in [1.29, 1.82) is 0 Å². The number of carbonyl (C=O) groups is 2. The molecule has 0 saturated carbocycles. The highest BCUT2D eigenvalue weighted by atomic mass is 16.5. The number of anilines is 2. The summed E-state index contributed by atoms with van der Waals surface area (Å²) >= 11 is 0. The van der Waals surface area contributed by atoms with Gasteiger partial charge in [-0.25, -0.2) is 4.98 Å². The Morgan fingerprint density at radius 2 is 1.91 bits per heavy atom. The van der Waals surface area contributed by atoms with Crippen LogP contribution in [0.4, 0.5) is 11.5 Å². The van der Waals surface area contributed by atoms with Gasteiger partial charge in [-0.1, -0.05) is 6.07 Å². The molecular formula is C25H33N5O4. The lowest BCUT2D eigenvalue weighted by Crippen LogP contribution is -2.22. The number of nitrogens with zero attached hydrogens (tertiary/aromatic N) is 3. The Balaban J connectivity index is 1.57. The second-order valence-corrected chi connectivity index (χ2v) is 8.19. The summed E-state index contributed by atoms with van der Waals surface area (Å²) in [5.74, 6) is -0.293. The summed E-state index contributed by atoms with van der Waals surface area (Å²) in [6, 6.07) is 6.98. The molecule has 0 atom stereocenters. The first-order valence-electron chi connectivity index (χ1n) is 11.7. The molecule has 0 aliphatic carbocycles. The summed E-state index contributed by atoms with van der Waals surface area (Å²) in [4.78, 5) is 36.3. The normalized spacial score (nSPS) is 11.2. The van der Waals surface area contributed by atoms with Crippen molar-refractivity contribution in [3.63, 3.8) is 0 Å². The number of rotatable bonds is 13. The van der Waals surface area contributed by atoms with E-state index in [-0.39, 0.29) is 17.4 Å². The van der Waals surface area contributed by atoms with Crippen molar-refractivity contribution in [3.8, 4) is 0 Å². The molecule has 2 N–H and O–H groups in total. The summed E-state index contributed by atoms with van der Waals surface area (Å²) in [7, 11) is 2.07. The fourth-order valence-corrected chi connectivity index (χ4v) is 3.48. The minimum absolute atomic E-state index is 0.00143. The van der Waals surface area contributed by atoms with E-state index in [2.05, 4.69) is 32.5 Å². The summed E-state index contributed by atoms with van der Waals surface area (Å²) in [6.07, 6.45) is 6.23. The van der Waals surface area contributed by atoms with Crippen LogP contribution < -0.4 is 10.6 Å². The van der Waals surface area contributed by atoms with Gasteiger partial charge in [-0.2, -0.15) is 0 Å². The topological polar surface area (TPSA) is 110 Å². The number of furan rings is 1. The average molecular weight is 468 g/mol. The average Bonchev–Trinajstić information content (AvgIpc) is 3.19. The van der Waals surface area contributed by atoms with Crippen LogP contribution in [-0.2, 0) is 9.53 Å². The smallest absolute Gasteiger partial charge is 0.294 e. The number of amides is 2. The van der Waals surface area contributed by atoms with E-state index in [9.17, 15) is 9.59 Å². The van der Waals surface area contributed by atoms with Crippen LogP contribution in [0.25, 0.3) is 11.1 Å². The quantitative estimate of drug-likeness (QED) is 0.362. The monoisotopic (exact) mass is 467 g/mol. The van der Waals surface area contributed by atoms with Crippen LogP contribution >= 0.6 is 0 Å². The number of aromatic nitrogens is 2. The number of aryl methyl sites for hydroxylation is 1. The van der Waals surface area contributed by atoms with Crippen molar-refractivity contribution in [2.45, 2.75) is 39.5 Å². The van der Waals surface area contributed by atoms with Crippen molar-refractivity contribution in [3.05, 3.63) is 48.0 Å². The second-order valence-electron chi connectivity index (χ2n) is 8.19. The van der Waals surface area contributed by atoms with Crippen LogP contribution in [0.3, 0.4) is 0 Å². The predicted molar refractivity (Wildman–Crippen MR) is 132 cm³/mol. The van der Waals surface area contributed by atoms with Crippen LogP contribution in [0, 0.1) is 6.92 Å². The lowest BCUT2D eigenvalue weighted by atomic mass is 10.2. The van der Waals surface area contributed by atoms with Crippen molar-refractivity contribution < 1.29 is 18.7 Å². The van der Waals surface area contributed by atoms with Gasteiger partial charge in [-0.15, -0.1) is 0 Å². The highest BCUT2D eigenvalue weighted by Gasteiger charge is 2.23. The molecule has 0 fully saturated rings. The van der Waals surface area contributed by atoms with Crippen molar-refractivity contribution >= 4 is 34.4 Å². The SMILES string of the molecule is CCOCCCN(C)CCCCC(=O)Nc1c(C(=O)Nc2ccc(C)cn2)oc2cccnc12. The largest absolute Gasteiger partial charge is 0.447 e. The molecule has 0 saturated heterocycles. The summed E-state index contributed by atoms with van der Waals surface area (Å²) in [6.45, 7) is 7.30. The minimum atomic E-state index is -0.502. The molecule has 0 bridgehead atoms. The molecule has 0 aromatic carbocycles. The van der Waals surface area contributed by atoms with Crippen LogP contribution in [0.15, 0.2) is 41.1 Å². The fourth-order valence-electron chi connectivity index (χ4n) is 3.48. The number of fused-ring (bicyclic) bond motifs is 1. The number of hydrogen-bond acceptors (Lipinski definition) is 7. The van der Waals surface area contributed by atoms with Gasteiger partial charge in [0.05, 0.1) is 0 Å². The van der Waals surface area contributed by atoms with E-state index >= 15 is 0 Å². The molecule has 3 rings (SSSR count). The maximum Gasteiger partial charge on any atom is 0.294 e. The second kappa shape index (κ2) is 12.8. The Hall–Kier alpha value is -3.30. The first-order chi connectivity index (χ1) is 16.5. The van der Waals surface area contributed by atoms with Gasteiger partial charge in [0, 0.05) is 38.6 Å². The Bertz CT molecular complexity index is 1080. The van der Waals surface area contributed by atoms with Crippen LogP contribution in [0.2, 0.25) is 0 Å². The van der Waals surface area contributed by atoms with Gasteiger partial charge >= 0.3 is 0 Å². The lowest BCUT2D eigenvalue weighted by Gasteiger charge is -2.16. The van der Waals surface area contributed by atoms with Crippen LogP contribution in [0.1, 0.15) is 48.7 Å². The van der Waals surface area contributed by atoms with E-state index in [1.54, 1.807) is 30.6 Å². The predicted octanol–water partition coefficient (Wildman–Crippen LogP) is 4.25. The molecule has 2 amide bonds. The Labute approximate surface area is 199 Å². The zero-order valence-electron chi connectivity index (χ0n) is 20.1. The van der Waals surface area contributed by atoms with E-state index in [1.165, 1.54) is 0 Å². The molecular weight excluding hydrogens is 434 g/mol. The Morgan fingerprint density at radius 1 is 1.09 bits per heavy atom. The fraction of sp³-hybridized carbons (Fsp3) is 0.440.